The third kappa shape index (κ3) is 3.46. The lowest BCUT2D eigenvalue weighted by Gasteiger charge is -2.18. The van der Waals surface area contributed by atoms with Crippen molar-refractivity contribution in [1.29, 1.82) is 0 Å². The predicted octanol–water partition coefficient (Wildman–Crippen LogP) is 6.09. The summed E-state index contributed by atoms with van der Waals surface area (Å²) < 4.78 is 3.49. The fourth-order valence-corrected chi connectivity index (χ4v) is 4.74. The molecule has 3 nitrogen and oxygen atoms in total. The van der Waals surface area contributed by atoms with Crippen molar-refractivity contribution in [3.05, 3.63) is 79.5 Å². The van der Waals surface area contributed by atoms with E-state index in [0.29, 0.717) is 4.91 Å². The largest absolute Gasteiger partial charge is 0.320 e. The molecule has 0 radical (unpaired) electrons. The third-order valence-corrected chi connectivity index (χ3v) is 7.01. The molecule has 0 aliphatic carbocycles. The monoisotopic (exact) mass is 486 g/mol. The molecule has 0 spiro atoms. The number of benzene rings is 2. The Balaban J connectivity index is 1.75. The third-order valence-electron chi connectivity index (χ3n) is 4.75. The topological polar surface area (TPSA) is 34.0 Å². The van der Waals surface area contributed by atoms with Crippen molar-refractivity contribution < 1.29 is 4.79 Å². The van der Waals surface area contributed by atoms with E-state index in [1.54, 1.807) is 0 Å². The van der Waals surface area contributed by atoms with Gasteiger partial charge in [0.1, 0.15) is 0 Å². The first-order valence-electron chi connectivity index (χ1n) is 8.69. The van der Waals surface area contributed by atoms with Crippen LogP contribution in [0.5, 0.6) is 0 Å². The molecular formula is C22H19IN2OS. The van der Waals surface area contributed by atoms with Gasteiger partial charge in [-0.3, -0.25) is 4.79 Å². The lowest BCUT2D eigenvalue weighted by atomic mass is 10.2. The summed E-state index contributed by atoms with van der Waals surface area (Å²) in [5.41, 5.74) is 6.66. The molecule has 0 saturated carbocycles. The predicted molar refractivity (Wildman–Crippen MR) is 122 cm³/mol. The van der Waals surface area contributed by atoms with E-state index >= 15 is 0 Å². The van der Waals surface area contributed by atoms with Gasteiger partial charge in [0.2, 0.25) is 0 Å². The minimum Gasteiger partial charge on any atom is -0.320 e. The average Bonchev–Trinajstić information content (AvgIpc) is 2.92. The highest BCUT2D eigenvalue weighted by atomic mass is 127. The molecule has 1 amide bonds. The number of nitrogens with one attached hydrogen (secondary N) is 1. The Kier molecular flexibility index (Phi) is 4.90. The standard InChI is InChI=1S/C22H19IN2OS/c1-13-8-9-17(12-18(13)23)25-14(2)10-16(15(25)3)11-21-22(26)24-19-6-4-5-7-20(19)27-21/h4-12H,1-3H3,(H,24,26)/b21-11-. The number of fused-ring (bicyclic) bond motifs is 1. The Hall–Kier alpha value is -1.99. The normalized spacial score (nSPS) is 15.0. The molecule has 136 valence electrons. The summed E-state index contributed by atoms with van der Waals surface area (Å²) in [6.07, 6.45) is 1.99. The summed E-state index contributed by atoms with van der Waals surface area (Å²) in [5.74, 6) is -0.0478. The van der Waals surface area contributed by atoms with E-state index in [9.17, 15) is 4.79 Å². The van der Waals surface area contributed by atoms with Gasteiger partial charge in [-0.2, -0.15) is 0 Å². The molecule has 2 aromatic carbocycles. The Morgan fingerprint density at radius 2 is 1.85 bits per heavy atom. The van der Waals surface area contributed by atoms with Crippen molar-refractivity contribution in [1.82, 2.24) is 4.57 Å². The van der Waals surface area contributed by atoms with E-state index < -0.39 is 0 Å². The Labute approximate surface area is 177 Å². The van der Waals surface area contributed by atoms with E-state index in [2.05, 4.69) is 77.5 Å². The van der Waals surface area contributed by atoms with Gasteiger partial charge >= 0.3 is 0 Å². The summed E-state index contributed by atoms with van der Waals surface area (Å²) in [4.78, 5) is 14.3. The van der Waals surface area contributed by atoms with Gasteiger partial charge in [-0.25, -0.2) is 0 Å². The fraction of sp³-hybridized carbons (Fsp3) is 0.136. The van der Waals surface area contributed by atoms with Crippen molar-refractivity contribution in [2.45, 2.75) is 25.7 Å². The van der Waals surface area contributed by atoms with Crippen LogP contribution in [0.4, 0.5) is 5.69 Å². The molecule has 3 aromatic rings. The van der Waals surface area contributed by atoms with Crippen LogP contribution in [0.1, 0.15) is 22.5 Å². The molecule has 1 aliphatic heterocycles. The number of hydrogen-bond donors (Lipinski definition) is 1. The highest BCUT2D eigenvalue weighted by molar-refractivity contribution is 14.1. The summed E-state index contributed by atoms with van der Waals surface area (Å²) in [5, 5.41) is 2.98. The number of carbonyl (C=O) groups excluding carboxylic acids is 1. The maximum Gasteiger partial charge on any atom is 0.262 e. The second kappa shape index (κ2) is 7.20. The van der Waals surface area contributed by atoms with E-state index in [-0.39, 0.29) is 5.91 Å². The second-order valence-electron chi connectivity index (χ2n) is 6.66. The van der Waals surface area contributed by atoms with Crippen molar-refractivity contribution in [3.8, 4) is 5.69 Å². The van der Waals surface area contributed by atoms with Crippen LogP contribution < -0.4 is 5.32 Å². The smallest absolute Gasteiger partial charge is 0.262 e. The van der Waals surface area contributed by atoms with Crippen molar-refractivity contribution >= 4 is 52.0 Å². The zero-order chi connectivity index (χ0) is 19.1. The van der Waals surface area contributed by atoms with Gasteiger partial charge in [-0.15, -0.1) is 0 Å². The average molecular weight is 486 g/mol. The van der Waals surface area contributed by atoms with Crippen LogP contribution in [0.25, 0.3) is 11.8 Å². The van der Waals surface area contributed by atoms with Gasteiger partial charge in [0.15, 0.2) is 0 Å². The van der Waals surface area contributed by atoms with Gasteiger partial charge < -0.3 is 9.88 Å². The Morgan fingerprint density at radius 1 is 1.07 bits per heavy atom. The van der Waals surface area contributed by atoms with Crippen molar-refractivity contribution in [2.24, 2.45) is 0 Å². The number of aromatic nitrogens is 1. The molecular weight excluding hydrogens is 467 g/mol. The summed E-state index contributed by atoms with van der Waals surface area (Å²) in [6, 6.07) is 16.5. The molecule has 4 rings (SSSR count). The highest BCUT2D eigenvalue weighted by Crippen LogP contribution is 2.39. The number of para-hydroxylation sites is 1. The Bertz CT molecular complexity index is 1100. The van der Waals surface area contributed by atoms with Gasteiger partial charge in [0.05, 0.1) is 10.6 Å². The van der Waals surface area contributed by atoms with E-state index in [1.165, 1.54) is 20.9 Å². The first kappa shape index (κ1) is 18.4. The van der Waals surface area contributed by atoms with Gasteiger partial charge in [0, 0.05) is 25.5 Å². The van der Waals surface area contributed by atoms with Gasteiger partial charge in [0.25, 0.3) is 5.91 Å². The number of carbonyl (C=O) groups is 1. The number of rotatable bonds is 2. The van der Waals surface area contributed by atoms with Crippen LogP contribution >= 0.6 is 34.4 Å². The molecule has 2 heterocycles. The van der Waals surface area contributed by atoms with Crippen LogP contribution in [0.15, 0.2) is 58.3 Å². The zero-order valence-electron chi connectivity index (χ0n) is 15.3. The number of anilines is 1. The molecule has 5 heteroatoms. The van der Waals surface area contributed by atoms with Gasteiger partial charge in [-0.05, 0) is 90.9 Å². The van der Waals surface area contributed by atoms with Crippen molar-refractivity contribution in [3.63, 3.8) is 0 Å². The van der Waals surface area contributed by atoms with Crippen LogP contribution in [-0.4, -0.2) is 10.5 Å². The summed E-state index contributed by atoms with van der Waals surface area (Å²) >= 11 is 3.90. The molecule has 0 fully saturated rings. The SMILES string of the molecule is Cc1ccc(-n2c(C)cc(/C=C3\Sc4ccccc4NC3=O)c2C)cc1I. The van der Waals surface area contributed by atoms with Gasteiger partial charge in [-0.1, -0.05) is 30.0 Å². The maximum atomic E-state index is 12.5. The number of halogens is 1. The molecule has 0 saturated heterocycles. The molecule has 1 aliphatic rings. The summed E-state index contributed by atoms with van der Waals surface area (Å²) in [6.45, 7) is 6.32. The number of aryl methyl sites for hydroxylation is 2. The van der Waals surface area contributed by atoms with E-state index in [1.807, 2.05) is 30.3 Å². The Morgan fingerprint density at radius 3 is 2.63 bits per heavy atom. The maximum absolute atomic E-state index is 12.5. The lowest BCUT2D eigenvalue weighted by molar-refractivity contribution is -0.112. The quantitative estimate of drug-likeness (QED) is 0.351. The molecule has 0 unspecified atom stereocenters. The number of hydrogen-bond acceptors (Lipinski definition) is 2. The minimum absolute atomic E-state index is 0.0478. The van der Waals surface area contributed by atoms with Crippen LogP contribution in [0.2, 0.25) is 0 Å². The highest BCUT2D eigenvalue weighted by Gasteiger charge is 2.21. The lowest BCUT2D eigenvalue weighted by Crippen LogP contribution is -2.17. The molecule has 0 atom stereocenters. The van der Waals surface area contributed by atoms with E-state index in [4.69, 9.17) is 0 Å². The van der Waals surface area contributed by atoms with Crippen LogP contribution in [0.3, 0.4) is 0 Å². The molecule has 27 heavy (non-hydrogen) atoms. The molecule has 0 bridgehead atoms. The zero-order valence-corrected chi connectivity index (χ0v) is 18.3. The minimum atomic E-state index is -0.0478. The van der Waals surface area contributed by atoms with E-state index in [0.717, 1.165) is 33.2 Å². The fourth-order valence-electron chi connectivity index (χ4n) is 3.30. The number of thioether (sulfide) groups is 1. The number of amides is 1. The number of nitrogens with zero attached hydrogens (tertiary/aromatic N) is 1. The first-order chi connectivity index (χ1) is 12.9. The first-order valence-corrected chi connectivity index (χ1v) is 10.6. The molecule has 1 N–H and O–H groups in total. The van der Waals surface area contributed by atoms with Crippen LogP contribution in [0, 0.1) is 24.3 Å². The van der Waals surface area contributed by atoms with Crippen molar-refractivity contribution in [2.75, 3.05) is 5.32 Å². The van der Waals surface area contributed by atoms with Crippen LogP contribution in [-0.2, 0) is 4.79 Å². The second-order valence-corrected chi connectivity index (χ2v) is 8.90. The summed E-state index contributed by atoms with van der Waals surface area (Å²) in [7, 11) is 0. The molecule has 1 aromatic heterocycles.